The van der Waals surface area contributed by atoms with E-state index in [0.717, 1.165) is 0 Å². The minimum atomic E-state index is -0.567. The molecule has 0 atom stereocenters. The van der Waals surface area contributed by atoms with Crippen LogP contribution in [0.25, 0.3) is 0 Å². The molecule has 8 nitrogen and oxygen atoms in total. The van der Waals surface area contributed by atoms with Crippen molar-refractivity contribution in [1.29, 1.82) is 0 Å². The van der Waals surface area contributed by atoms with Crippen LogP contribution in [-0.4, -0.2) is 28.3 Å². The number of halogens is 1. The highest BCUT2D eigenvalue weighted by atomic mass is 35.5. The van der Waals surface area contributed by atoms with Crippen molar-refractivity contribution in [2.45, 2.75) is 13.5 Å². The van der Waals surface area contributed by atoms with Gasteiger partial charge in [0.05, 0.1) is 12.8 Å². The molecule has 0 saturated carbocycles. The van der Waals surface area contributed by atoms with E-state index < -0.39 is 11.9 Å². The summed E-state index contributed by atoms with van der Waals surface area (Å²) in [5, 5.41) is 7.21. The van der Waals surface area contributed by atoms with Gasteiger partial charge in [-0.05, 0) is 43.3 Å². The highest BCUT2D eigenvalue weighted by molar-refractivity contribution is 6.30. The SMILES string of the molecule is CCOC(=O)c1cnn(C)c1NC(=O)c1ccc(COc2ccc(Cl)cc2)o1. The second kappa shape index (κ2) is 8.62. The van der Waals surface area contributed by atoms with Crippen LogP contribution in [0.5, 0.6) is 5.75 Å². The first-order chi connectivity index (χ1) is 13.5. The molecule has 2 aromatic heterocycles. The lowest BCUT2D eigenvalue weighted by molar-refractivity contribution is 0.0527. The van der Waals surface area contributed by atoms with Gasteiger partial charge in [-0.25, -0.2) is 4.79 Å². The molecule has 0 aliphatic rings. The largest absolute Gasteiger partial charge is 0.486 e. The average Bonchev–Trinajstić information content (AvgIpc) is 3.29. The van der Waals surface area contributed by atoms with Crippen LogP contribution < -0.4 is 10.1 Å². The number of nitrogens with zero attached hydrogens (tertiary/aromatic N) is 2. The first kappa shape index (κ1) is 19.5. The number of carbonyl (C=O) groups excluding carboxylic acids is 2. The Balaban J connectivity index is 1.65. The molecule has 0 saturated heterocycles. The Kier molecular flexibility index (Phi) is 6.00. The smallest absolute Gasteiger partial charge is 0.343 e. The van der Waals surface area contributed by atoms with E-state index in [2.05, 4.69) is 10.4 Å². The van der Waals surface area contributed by atoms with E-state index in [1.54, 1.807) is 44.3 Å². The van der Waals surface area contributed by atoms with Crippen molar-refractivity contribution < 1.29 is 23.5 Å². The van der Waals surface area contributed by atoms with Gasteiger partial charge in [0.1, 0.15) is 29.5 Å². The molecule has 0 radical (unpaired) electrons. The van der Waals surface area contributed by atoms with Crippen LogP contribution >= 0.6 is 11.6 Å². The van der Waals surface area contributed by atoms with Gasteiger partial charge in [-0.15, -0.1) is 0 Å². The van der Waals surface area contributed by atoms with E-state index in [0.29, 0.717) is 16.5 Å². The summed E-state index contributed by atoms with van der Waals surface area (Å²) in [5.41, 5.74) is 0.163. The molecular weight excluding hydrogens is 386 g/mol. The monoisotopic (exact) mass is 403 g/mol. The number of benzene rings is 1. The molecule has 9 heteroatoms. The van der Waals surface area contributed by atoms with Gasteiger partial charge >= 0.3 is 5.97 Å². The fraction of sp³-hybridized carbons (Fsp3) is 0.211. The fourth-order valence-corrected chi connectivity index (χ4v) is 2.50. The van der Waals surface area contributed by atoms with Gasteiger partial charge in [0.25, 0.3) is 5.91 Å². The number of nitrogens with one attached hydrogen (secondary N) is 1. The molecule has 0 aliphatic carbocycles. The van der Waals surface area contributed by atoms with E-state index in [1.807, 2.05) is 0 Å². The van der Waals surface area contributed by atoms with Crippen LogP contribution in [0.4, 0.5) is 5.82 Å². The highest BCUT2D eigenvalue weighted by Crippen LogP contribution is 2.20. The predicted molar refractivity (Wildman–Crippen MR) is 102 cm³/mol. The van der Waals surface area contributed by atoms with Crippen molar-refractivity contribution in [2.24, 2.45) is 7.05 Å². The Morgan fingerprint density at radius 3 is 2.68 bits per heavy atom. The maximum atomic E-state index is 12.5. The minimum Gasteiger partial charge on any atom is -0.486 e. The summed E-state index contributed by atoms with van der Waals surface area (Å²) in [6.07, 6.45) is 1.33. The van der Waals surface area contributed by atoms with Crippen LogP contribution in [0.15, 0.2) is 47.0 Å². The van der Waals surface area contributed by atoms with Crippen LogP contribution in [0.3, 0.4) is 0 Å². The number of furan rings is 1. The number of hydrogen-bond acceptors (Lipinski definition) is 6. The number of rotatable bonds is 7. The van der Waals surface area contributed by atoms with Gasteiger partial charge in [0, 0.05) is 12.1 Å². The molecule has 3 aromatic rings. The Morgan fingerprint density at radius 2 is 1.96 bits per heavy atom. The number of anilines is 1. The lowest BCUT2D eigenvalue weighted by atomic mass is 10.3. The average molecular weight is 404 g/mol. The summed E-state index contributed by atoms with van der Waals surface area (Å²) in [4.78, 5) is 24.4. The number of aromatic nitrogens is 2. The Morgan fingerprint density at radius 1 is 1.21 bits per heavy atom. The maximum Gasteiger partial charge on any atom is 0.343 e. The van der Waals surface area contributed by atoms with Crippen molar-refractivity contribution >= 4 is 29.3 Å². The van der Waals surface area contributed by atoms with Crippen molar-refractivity contribution in [3.05, 3.63) is 64.7 Å². The van der Waals surface area contributed by atoms with Gasteiger partial charge in [-0.2, -0.15) is 5.10 Å². The zero-order valence-corrected chi connectivity index (χ0v) is 16.0. The second-order valence-corrected chi connectivity index (χ2v) is 6.15. The van der Waals surface area contributed by atoms with E-state index in [1.165, 1.54) is 16.9 Å². The fourth-order valence-electron chi connectivity index (χ4n) is 2.38. The van der Waals surface area contributed by atoms with Gasteiger partial charge in [-0.1, -0.05) is 11.6 Å². The van der Waals surface area contributed by atoms with Gasteiger partial charge in [0.2, 0.25) is 0 Å². The van der Waals surface area contributed by atoms with Crippen molar-refractivity contribution in [2.75, 3.05) is 11.9 Å². The minimum absolute atomic E-state index is 0.0747. The Bertz CT molecular complexity index is 978. The van der Waals surface area contributed by atoms with Crippen molar-refractivity contribution in [1.82, 2.24) is 9.78 Å². The first-order valence-corrected chi connectivity index (χ1v) is 8.83. The van der Waals surface area contributed by atoms with Crippen LogP contribution in [0.1, 0.15) is 33.6 Å². The van der Waals surface area contributed by atoms with Gasteiger partial charge < -0.3 is 19.2 Å². The molecule has 28 heavy (non-hydrogen) atoms. The normalized spacial score (nSPS) is 10.5. The number of carbonyl (C=O) groups is 2. The summed E-state index contributed by atoms with van der Waals surface area (Å²) < 4.78 is 17.4. The third-order valence-corrected chi connectivity index (χ3v) is 4.00. The number of amides is 1. The van der Waals surface area contributed by atoms with Crippen molar-refractivity contribution in [3.63, 3.8) is 0 Å². The van der Waals surface area contributed by atoms with Crippen LogP contribution in [0, 0.1) is 0 Å². The lowest BCUT2D eigenvalue weighted by Crippen LogP contribution is -2.17. The summed E-state index contributed by atoms with van der Waals surface area (Å²) in [5.74, 6) is 0.301. The molecule has 3 rings (SSSR count). The highest BCUT2D eigenvalue weighted by Gasteiger charge is 2.21. The zero-order chi connectivity index (χ0) is 20.1. The lowest BCUT2D eigenvalue weighted by Gasteiger charge is -2.07. The Labute approximate surface area is 166 Å². The van der Waals surface area contributed by atoms with Gasteiger partial charge in [-0.3, -0.25) is 9.48 Å². The molecule has 146 valence electrons. The molecule has 0 unspecified atom stereocenters. The van der Waals surface area contributed by atoms with Crippen LogP contribution in [-0.2, 0) is 18.4 Å². The van der Waals surface area contributed by atoms with Crippen molar-refractivity contribution in [3.8, 4) is 5.75 Å². The molecule has 0 fully saturated rings. The zero-order valence-electron chi connectivity index (χ0n) is 15.3. The molecule has 1 amide bonds. The molecule has 1 aromatic carbocycles. The number of aryl methyl sites for hydroxylation is 1. The second-order valence-electron chi connectivity index (χ2n) is 5.71. The van der Waals surface area contributed by atoms with E-state index in [4.69, 9.17) is 25.5 Å². The topological polar surface area (TPSA) is 95.6 Å². The molecule has 2 heterocycles. The summed E-state index contributed by atoms with van der Waals surface area (Å²) in [6, 6.07) is 10.1. The molecule has 1 N–H and O–H groups in total. The van der Waals surface area contributed by atoms with Gasteiger partial charge in [0.15, 0.2) is 5.76 Å². The third kappa shape index (κ3) is 4.52. The summed E-state index contributed by atoms with van der Waals surface area (Å²) in [7, 11) is 1.60. The van der Waals surface area contributed by atoms with E-state index in [-0.39, 0.29) is 30.4 Å². The first-order valence-electron chi connectivity index (χ1n) is 8.45. The predicted octanol–water partition coefficient (Wildman–Crippen LogP) is 3.67. The molecule has 0 aliphatic heterocycles. The quantitative estimate of drug-likeness (QED) is 0.604. The number of ether oxygens (including phenoxy) is 2. The molecule has 0 bridgehead atoms. The third-order valence-electron chi connectivity index (χ3n) is 3.75. The molecule has 0 spiro atoms. The standard InChI is InChI=1S/C19H18ClN3O5/c1-3-26-19(25)15-10-21-23(2)17(15)22-18(24)16-9-8-14(28-16)11-27-13-6-4-12(20)5-7-13/h4-10H,3,11H2,1-2H3,(H,22,24). The number of hydrogen-bond donors (Lipinski definition) is 1. The molecular formula is C19H18ClN3O5. The number of esters is 1. The maximum absolute atomic E-state index is 12.5. The Hall–Kier alpha value is -3.26. The van der Waals surface area contributed by atoms with E-state index in [9.17, 15) is 9.59 Å². The van der Waals surface area contributed by atoms with Crippen LogP contribution in [0.2, 0.25) is 5.02 Å². The summed E-state index contributed by atoms with van der Waals surface area (Å²) in [6.45, 7) is 2.06. The summed E-state index contributed by atoms with van der Waals surface area (Å²) >= 11 is 5.83. The van der Waals surface area contributed by atoms with E-state index >= 15 is 0 Å².